The molecule has 0 amide bonds. The maximum absolute atomic E-state index is 12.0. The van der Waals surface area contributed by atoms with E-state index in [1.807, 2.05) is 60.7 Å². The lowest BCUT2D eigenvalue weighted by Gasteiger charge is -2.28. The van der Waals surface area contributed by atoms with Crippen LogP contribution >= 0.6 is 31.7 Å². The molecule has 0 heterocycles. The molecule has 240 valence electrons. The average Bonchev–Trinajstić information content (AvgIpc) is 3.14. The van der Waals surface area contributed by atoms with E-state index in [9.17, 15) is 4.79 Å². The van der Waals surface area contributed by atoms with Gasteiger partial charge in [-0.2, -0.15) is 10.2 Å². The van der Waals surface area contributed by atoms with Crippen LogP contribution in [0, 0.1) is 0 Å². The molecule has 48 heavy (non-hydrogen) atoms. The molecule has 0 saturated heterocycles. The molecule has 0 aliphatic heterocycles. The van der Waals surface area contributed by atoms with E-state index < -0.39 is 7.26 Å². The van der Waals surface area contributed by atoms with Gasteiger partial charge >= 0.3 is 0 Å². The standard InChI is InChI=1S/C38H35N6OPS2/c1-28(45)29-23-25-31(26-24-29)36(41-43-37(47)39-2)35(30-15-7-3-8-16-30)42-44-38(48)40-27-46(32-17-9-4-10-18-32,33-19-11-5-12-20-33)34-21-13-6-14-22-34/h3-26H,27H2,1-2H3,(H3-,39,40,41,42,43,44,45,47,48)/p+1. The molecule has 0 radical (unpaired) electrons. The number of hydrazone groups is 2. The summed E-state index contributed by atoms with van der Waals surface area (Å²) in [4.78, 5) is 12.0. The third-order valence-corrected chi connectivity index (χ3v) is 12.4. The van der Waals surface area contributed by atoms with Crippen LogP contribution in [-0.4, -0.2) is 40.8 Å². The fourth-order valence-electron chi connectivity index (χ4n) is 5.23. The van der Waals surface area contributed by atoms with Crippen LogP contribution in [0.5, 0.6) is 0 Å². The van der Waals surface area contributed by atoms with Crippen LogP contribution in [0.3, 0.4) is 0 Å². The zero-order valence-corrected chi connectivity index (χ0v) is 29.2. The van der Waals surface area contributed by atoms with E-state index in [0.29, 0.717) is 33.5 Å². The van der Waals surface area contributed by atoms with Crippen molar-refractivity contribution in [1.82, 2.24) is 21.5 Å². The van der Waals surface area contributed by atoms with Crippen molar-refractivity contribution in [2.24, 2.45) is 10.2 Å². The van der Waals surface area contributed by atoms with Crippen molar-refractivity contribution < 1.29 is 4.79 Å². The second-order valence-corrected chi connectivity index (χ2v) is 15.0. The van der Waals surface area contributed by atoms with Gasteiger partial charge in [-0.15, -0.1) is 0 Å². The highest BCUT2D eigenvalue weighted by Crippen LogP contribution is 2.54. The smallest absolute Gasteiger partial charge is 0.189 e. The third kappa shape index (κ3) is 8.25. The molecule has 0 bridgehead atoms. The Bertz CT molecular complexity index is 1810. The largest absolute Gasteiger partial charge is 0.364 e. The van der Waals surface area contributed by atoms with Crippen LogP contribution in [0.1, 0.15) is 28.4 Å². The molecular formula is C38H36N6OPS2+. The first-order valence-electron chi connectivity index (χ1n) is 15.3. The van der Waals surface area contributed by atoms with E-state index in [1.165, 1.54) is 22.8 Å². The number of Topliss-reactive ketones (excluding diaryl/α,β-unsaturated/α-hetero) is 1. The van der Waals surface area contributed by atoms with Crippen LogP contribution in [0.2, 0.25) is 0 Å². The van der Waals surface area contributed by atoms with Gasteiger partial charge in [-0.25, -0.2) is 0 Å². The second-order valence-electron chi connectivity index (χ2n) is 10.7. The Kier molecular flexibility index (Phi) is 11.9. The van der Waals surface area contributed by atoms with E-state index in [1.54, 1.807) is 19.2 Å². The van der Waals surface area contributed by atoms with Crippen molar-refractivity contribution in [3.8, 4) is 0 Å². The van der Waals surface area contributed by atoms with E-state index in [4.69, 9.17) is 29.5 Å². The highest BCUT2D eigenvalue weighted by atomic mass is 32.1. The molecule has 4 N–H and O–H groups in total. The number of hydrogen-bond acceptors (Lipinski definition) is 5. The van der Waals surface area contributed by atoms with Gasteiger partial charge in [-0.05, 0) is 67.8 Å². The van der Waals surface area contributed by atoms with Crippen LogP contribution in [-0.2, 0) is 0 Å². The fourth-order valence-corrected chi connectivity index (χ4v) is 9.39. The topological polar surface area (TPSA) is 89.9 Å². The fraction of sp³-hybridized carbons (Fsp3) is 0.0789. The molecule has 0 aliphatic carbocycles. The van der Waals surface area contributed by atoms with Gasteiger partial charge in [0.1, 0.15) is 40.9 Å². The number of ketones is 1. The summed E-state index contributed by atoms with van der Waals surface area (Å²) in [6.45, 7) is 1.54. The molecule has 0 saturated carbocycles. The molecule has 10 heteroatoms. The first-order chi connectivity index (χ1) is 23.4. The van der Waals surface area contributed by atoms with Crippen LogP contribution in [0.25, 0.3) is 0 Å². The summed E-state index contributed by atoms with van der Waals surface area (Å²) in [6, 6.07) is 48.7. The minimum atomic E-state index is -2.19. The van der Waals surface area contributed by atoms with Gasteiger partial charge in [0.15, 0.2) is 16.0 Å². The zero-order chi connectivity index (χ0) is 33.8. The van der Waals surface area contributed by atoms with Gasteiger partial charge in [0.2, 0.25) is 0 Å². The van der Waals surface area contributed by atoms with Gasteiger partial charge in [-0.1, -0.05) is 109 Å². The zero-order valence-electron chi connectivity index (χ0n) is 26.6. The maximum Gasteiger partial charge on any atom is 0.189 e. The summed E-state index contributed by atoms with van der Waals surface area (Å²) in [5.41, 5.74) is 9.16. The van der Waals surface area contributed by atoms with Gasteiger partial charge in [0.05, 0.1) is 0 Å². The highest BCUT2D eigenvalue weighted by Gasteiger charge is 2.45. The SMILES string of the molecule is CNC(=S)N/N=C(/C(=N/NC(=S)NC[P+](c1ccccc1)(c1ccccc1)c1ccccc1)c1ccccc1)c1ccc(C(C)=O)cc1. The Labute approximate surface area is 292 Å². The summed E-state index contributed by atoms with van der Waals surface area (Å²) < 4.78 is 0. The maximum atomic E-state index is 12.0. The Morgan fingerprint density at radius 3 is 1.35 bits per heavy atom. The lowest BCUT2D eigenvalue weighted by atomic mass is 9.98. The molecule has 0 atom stereocenters. The Hall–Kier alpha value is -5.08. The molecule has 5 aromatic carbocycles. The Morgan fingerprint density at radius 1 is 0.562 bits per heavy atom. The highest BCUT2D eigenvalue weighted by molar-refractivity contribution is 7.95. The van der Waals surface area contributed by atoms with Crippen molar-refractivity contribution in [3.05, 3.63) is 162 Å². The van der Waals surface area contributed by atoms with Crippen molar-refractivity contribution in [1.29, 1.82) is 0 Å². The number of nitrogens with one attached hydrogen (secondary N) is 4. The molecule has 0 aromatic heterocycles. The Morgan fingerprint density at radius 2 is 0.938 bits per heavy atom. The second kappa shape index (κ2) is 16.7. The number of rotatable bonds is 11. The predicted octanol–water partition coefficient (Wildman–Crippen LogP) is 5.51. The van der Waals surface area contributed by atoms with Gasteiger partial charge in [-0.3, -0.25) is 15.6 Å². The van der Waals surface area contributed by atoms with E-state index in [0.717, 1.165) is 11.1 Å². The number of benzene rings is 5. The average molecular weight is 688 g/mol. The summed E-state index contributed by atoms with van der Waals surface area (Å²) in [6.07, 6.45) is 0.568. The van der Waals surface area contributed by atoms with E-state index in [2.05, 4.69) is 99.4 Å². The van der Waals surface area contributed by atoms with Crippen molar-refractivity contribution in [2.45, 2.75) is 6.92 Å². The van der Waals surface area contributed by atoms with Gasteiger partial charge < -0.3 is 10.6 Å². The molecule has 5 rings (SSSR count). The van der Waals surface area contributed by atoms with E-state index >= 15 is 0 Å². The van der Waals surface area contributed by atoms with Gasteiger partial charge in [0, 0.05) is 23.7 Å². The number of hydrogen-bond donors (Lipinski definition) is 4. The van der Waals surface area contributed by atoms with Crippen LogP contribution < -0.4 is 37.4 Å². The van der Waals surface area contributed by atoms with E-state index in [-0.39, 0.29) is 5.78 Å². The van der Waals surface area contributed by atoms with Crippen molar-refractivity contribution in [3.63, 3.8) is 0 Å². The number of carbonyl (C=O) groups is 1. The molecule has 5 aromatic rings. The molecule has 7 nitrogen and oxygen atoms in total. The summed E-state index contributed by atoms with van der Waals surface area (Å²) in [5.74, 6) is -0.0232. The molecule has 0 aliphatic rings. The Balaban J connectivity index is 1.52. The molecule has 0 spiro atoms. The lowest BCUT2D eigenvalue weighted by molar-refractivity contribution is 0.101. The van der Waals surface area contributed by atoms with Crippen LogP contribution in [0.15, 0.2) is 156 Å². The summed E-state index contributed by atoms with van der Waals surface area (Å²) in [7, 11) is -0.472. The lowest BCUT2D eigenvalue weighted by Crippen LogP contribution is -2.42. The van der Waals surface area contributed by atoms with Gasteiger partial charge in [0.25, 0.3) is 0 Å². The number of thiocarbonyl (C=S) groups is 2. The molecule has 0 fully saturated rings. The minimum absolute atomic E-state index is 0.0232. The number of carbonyl (C=O) groups excluding carboxylic acids is 1. The monoisotopic (exact) mass is 687 g/mol. The van der Waals surface area contributed by atoms with Crippen LogP contribution in [0.4, 0.5) is 0 Å². The summed E-state index contributed by atoms with van der Waals surface area (Å²) in [5, 5.41) is 20.3. The molecule has 0 unspecified atom stereocenters. The normalized spacial score (nSPS) is 11.7. The number of nitrogens with zero attached hydrogens (tertiary/aromatic N) is 2. The third-order valence-electron chi connectivity index (χ3n) is 7.67. The molecular weight excluding hydrogens is 652 g/mol. The summed E-state index contributed by atoms with van der Waals surface area (Å²) >= 11 is 11.2. The predicted molar refractivity (Wildman–Crippen MR) is 210 cm³/mol. The van der Waals surface area contributed by atoms with Crippen molar-refractivity contribution >= 4 is 75.0 Å². The quantitative estimate of drug-likeness (QED) is 0.0479. The van der Waals surface area contributed by atoms with Crippen molar-refractivity contribution in [2.75, 3.05) is 13.3 Å². The first kappa shape index (κ1) is 34.3. The first-order valence-corrected chi connectivity index (χ1v) is 18.1. The minimum Gasteiger partial charge on any atom is -0.364 e.